The van der Waals surface area contributed by atoms with Gasteiger partial charge in [-0.05, 0) is 0 Å². The third-order valence-electron chi connectivity index (χ3n) is 0.496. The van der Waals surface area contributed by atoms with Crippen LogP contribution in [0.1, 0.15) is 0 Å². The summed E-state index contributed by atoms with van der Waals surface area (Å²) in [6, 6.07) is 0. The zero-order valence-corrected chi connectivity index (χ0v) is 4.76. The molecule has 0 heterocycles. The van der Waals surface area contributed by atoms with E-state index in [4.69, 9.17) is 0 Å². The Balaban J connectivity index is 4.57. The average Bonchev–Trinajstić information content (AvgIpc) is 1.64. The molecule has 0 N–H and O–H groups in total. The second-order valence-electron chi connectivity index (χ2n) is 1.17. The summed E-state index contributed by atoms with van der Waals surface area (Å²) < 4.78 is 63.0. The summed E-state index contributed by atoms with van der Waals surface area (Å²) in [5.41, 5.74) is -5.46. The van der Waals surface area contributed by atoms with Crippen molar-refractivity contribution in [3.05, 3.63) is 0 Å². The maximum atomic E-state index is 11.0. The minimum atomic E-state index is -5.50. The van der Waals surface area contributed by atoms with Crippen LogP contribution in [0.25, 0.3) is 0 Å². The van der Waals surface area contributed by atoms with Gasteiger partial charge in [-0.15, -0.1) is 0 Å². The Morgan fingerprint density at radius 3 is 1.56 bits per heavy atom. The van der Waals surface area contributed by atoms with Gasteiger partial charge in [-0.2, -0.15) is 13.2 Å². The van der Waals surface area contributed by atoms with E-state index in [1.54, 1.807) is 0 Å². The van der Waals surface area contributed by atoms with E-state index < -0.39 is 22.0 Å². The van der Waals surface area contributed by atoms with Crippen molar-refractivity contribution < 1.29 is 25.9 Å². The van der Waals surface area contributed by atoms with Crippen molar-refractivity contribution in [3.8, 4) is 0 Å². The van der Waals surface area contributed by atoms with Crippen molar-refractivity contribution in [3.63, 3.8) is 0 Å². The second-order valence-corrected chi connectivity index (χ2v) is 3.08. The standard InChI is InChI=1S/CHBF4O2S/c3-1(4,5)9(7,8)2-6/h2H. The molecular weight excluding hydrogens is 163 g/mol. The molecule has 0 atom stereocenters. The van der Waals surface area contributed by atoms with E-state index in [-0.39, 0.29) is 0 Å². The predicted molar refractivity (Wildman–Crippen MR) is 23.2 cm³/mol. The van der Waals surface area contributed by atoms with Gasteiger partial charge in [0.15, 0.2) is 0 Å². The van der Waals surface area contributed by atoms with Crippen molar-refractivity contribution in [1.29, 1.82) is 0 Å². The summed E-state index contributed by atoms with van der Waals surface area (Å²) >= 11 is 0. The molecule has 0 spiro atoms. The van der Waals surface area contributed by atoms with Gasteiger partial charge in [0.1, 0.15) is 0 Å². The van der Waals surface area contributed by atoms with Crippen LogP contribution < -0.4 is 0 Å². The van der Waals surface area contributed by atoms with Crippen LogP contribution in [0.3, 0.4) is 0 Å². The fourth-order valence-corrected chi connectivity index (χ4v) is 0.186. The monoisotopic (exact) mass is 164 g/mol. The molecule has 54 valence electrons. The Bertz CT molecular complexity index is 179. The van der Waals surface area contributed by atoms with Gasteiger partial charge in [0.25, 0.3) is 0 Å². The van der Waals surface area contributed by atoms with E-state index in [2.05, 4.69) is 0 Å². The topological polar surface area (TPSA) is 34.1 Å². The summed E-state index contributed by atoms with van der Waals surface area (Å²) in [6.45, 7) is -2.39. The van der Waals surface area contributed by atoms with Crippen molar-refractivity contribution in [2.24, 2.45) is 0 Å². The van der Waals surface area contributed by atoms with Crippen LogP contribution in [0.4, 0.5) is 17.5 Å². The lowest BCUT2D eigenvalue weighted by Gasteiger charge is -2.00. The number of halogens is 4. The molecule has 2 nitrogen and oxygen atoms in total. The smallest absolute Gasteiger partial charge is 0.317 e. The molecule has 0 saturated heterocycles. The summed E-state index contributed by atoms with van der Waals surface area (Å²) in [6.07, 6.45) is 0. The van der Waals surface area contributed by atoms with Crippen molar-refractivity contribution >= 4 is 16.5 Å². The van der Waals surface area contributed by atoms with Crippen LogP contribution in [0.2, 0.25) is 0 Å². The number of hydrogen-bond donors (Lipinski definition) is 0. The number of alkyl halides is 3. The first-order valence-electron chi connectivity index (χ1n) is 1.66. The highest BCUT2D eigenvalue weighted by atomic mass is 32.2. The van der Waals surface area contributed by atoms with Gasteiger partial charge in [-0.3, -0.25) is 0 Å². The Hall–Kier alpha value is -0.265. The molecule has 0 aromatic rings. The second kappa shape index (κ2) is 2.16. The summed E-state index contributed by atoms with van der Waals surface area (Å²) in [5.74, 6) is 0. The Morgan fingerprint density at radius 1 is 1.22 bits per heavy atom. The van der Waals surface area contributed by atoms with Gasteiger partial charge < -0.3 is 4.32 Å². The lowest BCUT2D eigenvalue weighted by atomic mass is 10.6. The van der Waals surface area contributed by atoms with E-state index in [1.807, 2.05) is 0 Å². The Labute approximate surface area is 49.0 Å². The Morgan fingerprint density at radius 2 is 1.56 bits per heavy atom. The third kappa shape index (κ3) is 1.85. The van der Waals surface area contributed by atoms with Crippen molar-refractivity contribution in [2.45, 2.75) is 5.51 Å². The molecule has 0 aliphatic carbocycles. The highest BCUT2D eigenvalue weighted by Crippen LogP contribution is 2.22. The predicted octanol–water partition coefficient (Wildman–Crippen LogP) is 0.157. The van der Waals surface area contributed by atoms with Crippen molar-refractivity contribution in [2.75, 3.05) is 0 Å². The zero-order chi connectivity index (χ0) is 7.71. The van der Waals surface area contributed by atoms with Crippen LogP contribution in [0, 0.1) is 0 Å². The molecule has 0 bridgehead atoms. The highest BCUT2D eigenvalue weighted by molar-refractivity contribution is 8.15. The first kappa shape index (κ1) is 8.73. The molecule has 0 saturated carbocycles. The van der Waals surface area contributed by atoms with Gasteiger partial charge >= 0.3 is 12.3 Å². The van der Waals surface area contributed by atoms with Crippen LogP contribution in [-0.4, -0.2) is 20.8 Å². The molecule has 0 aliphatic heterocycles. The van der Waals surface area contributed by atoms with Crippen LogP contribution in [-0.2, 0) is 9.69 Å². The molecular formula is CHBF4O2S. The number of rotatable bonds is 1. The minimum absolute atomic E-state index is 2.39. The summed E-state index contributed by atoms with van der Waals surface area (Å²) in [5, 5.41) is 0. The molecule has 0 aromatic heterocycles. The molecule has 0 aliphatic rings. The van der Waals surface area contributed by atoms with E-state index >= 15 is 0 Å². The van der Waals surface area contributed by atoms with Gasteiger partial charge in [0.05, 0.1) is 0 Å². The van der Waals surface area contributed by atoms with Gasteiger partial charge in [-0.25, -0.2) is 8.42 Å². The third-order valence-corrected chi connectivity index (χ3v) is 1.49. The largest absolute Gasteiger partial charge is 0.489 e. The van der Waals surface area contributed by atoms with E-state index in [9.17, 15) is 25.9 Å². The van der Waals surface area contributed by atoms with Gasteiger partial charge in [-0.1, -0.05) is 0 Å². The van der Waals surface area contributed by atoms with Crippen LogP contribution in [0.15, 0.2) is 0 Å². The van der Waals surface area contributed by atoms with E-state index in [0.29, 0.717) is 0 Å². The highest BCUT2D eigenvalue weighted by Gasteiger charge is 2.46. The SMILES string of the molecule is O=S(=O)(BF)C(F)(F)F. The molecule has 8 heteroatoms. The lowest BCUT2D eigenvalue weighted by Crippen LogP contribution is -2.26. The first-order chi connectivity index (χ1) is 3.81. The fraction of sp³-hybridized carbons (Fsp3) is 1.00. The summed E-state index contributed by atoms with van der Waals surface area (Å²) in [7, 11) is -5.50. The average molecular weight is 164 g/mol. The molecule has 9 heavy (non-hydrogen) atoms. The molecule has 0 amide bonds. The van der Waals surface area contributed by atoms with Crippen LogP contribution in [0.5, 0.6) is 0 Å². The van der Waals surface area contributed by atoms with Crippen molar-refractivity contribution in [1.82, 2.24) is 0 Å². The molecule has 0 radical (unpaired) electrons. The molecule has 0 rings (SSSR count). The first-order valence-corrected chi connectivity index (χ1v) is 3.31. The molecule has 0 unspecified atom stereocenters. The van der Waals surface area contributed by atoms with E-state index in [1.165, 1.54) is 0 Å². The minimum Gasteiger partial charge on any atom is -0.317 e. The van der Waals surface area contributed by atoms with Gasteiger partial charge in [0, 0.05) is 0 Å². The molecule has 0 fully saturated rings. The Kier molecular flexibility index (Phi) is 2.10. The summed E-state index contributed by atoms with van der Waals surface area (Å²) in [4.78, 5) is 0. The quantitative estimate of drug-likeness (QED) is 0.408. The van der Waals surface area contributed by atoms with Crippen LogP contribution >= 0.6 is 0 Å². The number of hydrogen-bond acceptors (Lipinski definition) is 2. The van der Waals surface area contributed by atoms with Gasteiger partial charge in [0.2, 0.25) is 9.69 Å². The van der Waals surface area contributed by atoms with E-state index in [0.717, 1.165) is 0 Å². The molecule has 0 aromatic carbocycles. The zero-order valence-electron chi connectivity index (χ0n) is 3.94. The fourth-order valence-electron chi connectivity index (χ4n) is 0.0619. The lowest BCUT2D eigenvalue weighted by molar-refractivity contribution is -0.0415. The maximum Gasteiger partial charge on any atom is 0.489 e. The maximum absolute atomic E-state index is 11.0. The normalized spacial score (nSPS) is 13.3.